The Morgan fingerprint density at radius 1 is 1.29 bits per heavy atom. The van der Waals surface area contributed by atoms with Crippen LogP contribution >= 0.6 is 0 Å². The SMILES string of the molecule is CNNNN(C)C. The molecule has 3 N–H and O–H groups in total. The highest BCUT2D eigenvalue weighted by atomic mass is 15.8. The molecular formula is C3H12N4. The molecule has 0 fully saturated rings. The first-order chi connectivity index (χ1) is 3.27. The Morgan fingerprint density at radius 2 is 1.86 bits per heavy atom. The third-order valence-corrected chi connectivity index (χ3v) is 0.405. The molecule has 0 aliphatic heterocycles. The second kappa shape index (κ2) is 4.01. The van der Waals surface area contributed by atoms with E-state index in [9.17, 15) is 0 Å². The van der Waals surface area contributed by atoms with Gasteiger partial charge in [0.2, 0.25) is 0 Å². The van der Waals surface area contributed by atoms with Crippen LogP contribution in [0.1, 0.15) is 0 Å². The zero-order valence-electron chi connectivity index (χ0n) is 4.95. The van der Waals surface area contributed by atoms with Crippen LogP contribution in [0.4, 0.5) is 0 Å². The smallest absolute Gasteiger partial charge is 0.00267 e. The fraction of sp³-hybridized carbons (Fsp3) is 1.00. The molecule has 0 aromatic heterocycles. The first kappa shape index (κ1) is 6.84. The molecule has 0 amide bonds. The van der Waals surface area contributed by atoms with E-state index >= 15 is 0 Å². The lowest BCUT2D eigenvalue weighted by atomic mass is 11.2. The van der Waals surface area contributed by atoms with Crippen molar-refractivity contribution in [1.82, 2.24) is 21.5 Å². The van der Waals surface area contributed by atoms with E-state index in [1.807, 2.05) is 14.1 Å². The van der Waals surface area contributed by atoms with Gasteiger partial charge in [-0.25, -0.2) is 10.4 Å². The molecule has 0 rings (SSSR count). The number of hydrogen-bond donors (Lipinski definition) is 3. The molecule has 0 atom stereocenters. The van der Waals surface area contributed by atoms with Crippen LogP contribution in [0.2, 0.25) is 0 Å². The minimum absolute atomic E-state index is 1.79. The fourth-order valence-corrected chi connectivity index (χ4v) is 0.168. The van der Waals surface area contributed by atoms with E-state index in [-0.39, 0.29) is 0 Å². The van der Waals surface area contributed by atoms with Gasteiger partial charge in [-0.1, -0.05) is 0 Å². The molecule has 0 saturated carbocycles. The highest BCUT2D eigenvalue weighted by Crippen LogP contribution is 1.50. The minimum Gasteiger partial charge on any atom is -0.246 e. The maximum atomic E-state index is 2.77. The van der Waals surface area contributed by atoms with Crippen molar-refractivity contribution in [3.05, 3.63) is 0 Å². The normalized spacial score (nSPS) is 10.3. The molecule has 0 aliphatic rings. The van der Waals surface area contributed by atoms with E-state index in [1.54, 1.807) is 12.1 Å². The van der Waals surface area contributed by atoms with Crippen molar-refractivity contribution >= 4 is 0 Å². The van der Waals surface area contributed by atoms with Gasteiger partial charge in [-0.05, 0) is 7.05 Å². The van der Waals surface area contributed by atoms with Crippen molar-refractivity contribution in [3.8, 4) is 0 Å². The van der Waals surface area contributed by atoms with Crippen LogP contribution in [0.25, 0.3) is 0 Å². The molecule has 0 spiro atoms. The first-order valence-corrected chi connectivity index (χ1v) is 2.12. The summed E-state index contributed by atoms with van der Waals surface area (Å²) in [7, 11) is 5.57. The van der Waals surface area contributed by atoms with Gasteiger partial charge in [0.05, 0.1) is 0 Å². The molecule has 0 unspecified atom stereocenters. The molecule has 0 bridgehead atoms. The Kier molecular flexibility index (Phi) is 3.92. The number of nitrogens with one attached hydrogen (secondary N) is 3. The van der Waals surface area contributed by atoms with Gasteiger partial charge in [-0.15, -0.1) is 0 Å². The van der Waals surface area contributed by atoms with Crippen LogP contribution < -0.4 is 16.5 Å². The predicted octanol–water partition coefficient (Wildman–Crippen LogP) is -1.31. The minimum atomic E-state index is 1.79. The molecule has 44 valence electrons. The van der Waals surface area contributed by atoms with Crippen LogP contribution in [-0.2, 0) is 0 Å². The van der Waals surface area contributed by atoms with Crippen molar-refractivity contribution in [2.75, 3.05) is 21.1 Å². The summed E-state index contributed by atoms with van der Waals surface area (Å²) in [6.07, 6.45) is 0. The number of hydrogen-bond acceptors (Lipinski definition) is 4. The summed E-state index contributed by atoms with van der Waals surface area (Å²) in [6.45, 7) is 0. The summed E-state index contributed by atoms with van der Waals surface area (Å²) in [5.74, 6) is 0. The molecule has 0 aromatic carbocycles. The summed E-state index contributed by atoms with van der Waals surface area (Å²) < 4.78 is 0. The molecule has 0 heterocycles. The molecule has 4 heteroatoms. The van der Waals surface area contributed by atoms with Crippen molar-refractivity contribution in [1.29, 1.82) is 0 Å². The largest absolute Gasteiger partial charge is 0.246 e. The first-order valence-electron chi connectivity index (χ1n) is 2.12. The summed E-state index contributed by atoms with van der Waals surface area (Å²) >= 11 is 0. The van der Waals surface area contributed by atoms with Gasteiger partial charge in [-0.2, -0.15) is 11.1 Å². The van der Waals surface area contributed by atoms with Gasteiger partial charge in [0.15, 0.2) is 0 Å². The van der Waals surface area contributed by atoms with Crippen molar-refractivity contribution in [2.45, 2.75) is 0 Å². The van der Waals surface area contributed by atoms with Gasteiger partial charge in [0.25, 0.3) is 0 Å². The lowest BCUT2D eigenvalue weighted by Crippen LogP contribution is -2.48. The van der Waals surface area contributed by atoms with Crippen LogP contribution in [0.15, 0.2) is 0 Å². The summed E-state index contributed by atoms with van der Waals surface area (Å²) in [6, 6.07) is 0. The van der Waals surface area contributed by atoms with Crippen LogP contribution in [0, 0.1) is 0 Å². The van der Waals surface area contributed by atoms with E-state index in [2.05, 4.69) is 16.5 Å². The second-order valence-corrected chi connectivity index (χ2v) is 1.38. The summed E-state index contributed by atoms with van der Waals surface area (Å²) in [5, 5.41) is 1.79. The topological polar surface area (TPSA) is 39.3 Å². The average molecular weight is 104 g/mol. The Morgan fingerprint density at radius 3 is 2.00 bits per heavy atom. The third-order valence-electron chi connectivity index (χ3n) is 0.405. The Bertz CT molecular complexity index is 35.9. The summed E-state index contributed by atoms with van der Waals surface area (Å²) in [5.41, 5.74) is 8.14. The van der Waals surface area contributed by atoms with Gasteiger partial charge in [-0.3, -0.25) is 0 Å². The highest BCUT2D eigenvalue weighted by Gasteiger charge is 1.77. The van der Waals surface area contributed by atoms with Crippen molar-refractivity contribution < 1.29 is 0 Å². The third kappa shape index (κ3) is 5.84. The fourth-order valence-electron chi connectivity index (χ4n) is 0.168. The van der Waals surface area contributed by atoms with Gasteiger partial charge in [0, 0.05) is 14.1 Å². The van der Waals surface area contributed by atoms with E-state index in [4.69, 9.17) is 0 Å². The zero-order chi connectivity index (χ0) is 5.70. The van der Waals surface area contributed by atoms with Crippen LogP contribution in [0.5, 0.6) is 0 Å². The van der Waals surface area contributed by atoms with Gasteiger partial charge < -0.3 is 0 Å². The van der Waals surface area contributed by atoms with E-state index in [1.165, 1.54) is 0 Å². The highest BCUT2D eigenvalue weighted by molar-refractivity contribution is 4.15. The number of rotatable bonds is 3. The monoisotopic (exact) mass is 104 g/mol. The average Bonchev–Trinajstić information content (AvgIpc) is 1.61. The van der Waals surface area contributed by atoms with E-state index < -0.39 is 0 Å². The number of nitrogens with zero attached hydrogens (tertiary/aromatic N) is 1. The maximum absolute atomic E-state index is 2.77. The van der Waals surface area contributed by atoms with Crippen LogP contribution in [0.3, 0.4) is 0 Å². The molecule has 0 aliphatic carbocycles. The molecule has 4 nitrogen and oxygen atoms in total. The molecule has 7 heavy (non-hydrogen) atoms. The van der Waals surface area contributed by atoms with Crippen LogP contribution in [-0.4, -0.2) is 26.2 Å². The van der Waals surface area contributed by atoms with Gasteiger partial charge >= 0.3 is 0 Å². The summed E-state index contributed by atoms with van der Waals surface area (Å²) in [4.78, 5) is 0. The maximum Gasteiger partial charge on any atom is 0.00267 e. The Labute approximate surface area is 43.8 Å². The van der Waals surface area contributed by atoms with E-state index in [0.717, 1.165) is 0 Å². The molecule has 0 aromatic rings. The lowest BCUT2D eigenvalue weighted by molar-refractivity contribution is 0.217. The van der Waals surface area contributed by atoms with E-state index in [0.29, 0.717) is 0 Å². The van der Waals surface area contributed by atoms with Crippen molar-refractivity contribution in [2.24, 2.45) is 0 Å². The quantitative estimate of drug-likeness (QED) is 0.389. The predicted molar refractivity (Wildman–Crippen MR) is 29.0 cm³/mol. The zero-order valence-corrected chi connectivity index (χ0v) is 4.95. The lowest BCUT2D eigenvalue weighted by Gasteiger charge is -2.10. The Hall–Kier alpha value is -0.160. The Balaban J connectivity index is 2.68. The molecule has 0 radical (unpaired) electrons. The van der Waals surface area contributed by atoms with Crippen molar-refractivity contribution in [3.63, 3.8) is 0 Å². The molecule has 0 saturated heterocycles. The van der Waals surface area contributed by atoms with Gasteiger partial charge in [0.1, 0.15) is 0 Å². The second-order valence-electron chi connectivity index (χ2n) is 1.38. The number of hydrazine groups is 3. The molecular weight excluding hydrogens is 92.1 g/mol. The standard InChI is InChI=1S/C3H12N4/c1-4-5-6-7(2)3/h4-6H,1-3H3.